The lowest BCUT2D eigenvalue weighted by Crippen LogP contribution is -2.51. The Bertz CT molecular complexity index is 851. The van der Waals surface area contributed by atoms with Gasteiger partial charge in [-0.2, -0.15) is 0 Å². The zero-order valence-electron chi connectivity index (χ0n) is 15.6. The van der Waals surface area contributed by atoms with E-state index < -0.39 is 0 Å². The topological polar surface area (TPSA) is 85.4 Å². The van der Waals surface area contributed by atoms with Crippen molar-refractivity contribution in [3.8, 4) is 11.4 Å². The summed E-state index contributed by atoms with van der Waals surface area (Å²) in [5, 5.41) is 0. The molecule has 0 bridgehead atoms. The molecule has 2 aromatic rings. The maximum atomic E-state index is 12.0. The van der Waals surface area contributed by atoms with Crippen molar-refractivity contribution in [1.82, 2.24) is 24.8 Å². The maximum absolute atomic E-state index is 12.0. The van der Waals surface area contributed by atoms with E-state index in [0.717, 1.165) is 30.2 Å². The molecule has 0 saturated carbocycles. The molecule has 138 valence electrons. The number of pyridine rings is 1. The van der Waals surface area contributed by atoms with Crippen LogP contribution in [0.4, 0.5) is 10.6 Å². The molecule has 3 rings (SSSR count). The van der Waals surface area contributed by atoms with E-state index in [1.165, 1.54) is 0 Å². The van der Waals surface area contributed by atoms with Crippen LogP contribution in [-0.2, 0) is 0 Å². The first-order valence-corrected chi connectivity index (χ1v) is 8.62. The molecule has 1 saturated heterocycles. The smallest absolute Gasteiger partial charge is 0.319 e. The van der Waals surface area contributed by atoms with E-state index in [2.05, 4.69) is 19.9 Å². The summed E-state index contributed by atoms with van der Waals surface area (Å²) in [7, 11) is 3.53. The summed E-state index contributed by atoms with van der Waals surface area (Å²) in [4.78, 5) is 41.3. The Kier molecular flexibility index (Phi) is 4.92. The Morgan fingerprint density at radius 2 is 1.85 bits per heavy atom. The van der Waals surface area contributed by atoms with Crippen LogP contribution in [0.25, 0.3) is 11.4 Å². The predicted octanol–water partition coefficient (Wildman–Crippen LogP) is 1.25. The van der Waals surface area contributed by atoms with Crippen LogP contribution in [0.15, 0.2) is 23.1 Å². The molecule has 1 aliphatic heterocycles. The second kappa shape index (κ2) is 7.15. The van der Waals surface area contributed by atoms with Gasteiger partial charge in [0.05, 0.1) is 0 Å². The van der Waals surface area contributed by atoms with E-state index in [-0.39, 0.29) is 11.6 Å². The maximum Gasteiger partial charge on any atom is 0.319 e. The molecule has 0 aromatic carbocycles. The molecule has 1 fully saturated rings. The number of urea groups is 1. The third-order valence-corrected chi connectivity index (χ3v) is 4.67. The van der Waals surface area contributed by atoms with E-state index in [1.807, 2.05) is 24.0 Å². The summed E-state index contributed by atoms with van der Waals surface area (Å²) >= 11 is 0. The molecule has 0 unspecified atom stereocenters. The average Bonchev–Trinajstić information content (AvgIpc) is 2.65. The van der Waals surface area contributed by atoms with E-state index in [0.29, 0.717) is 24.5 Å². The highest BCUT2D eigenvalue weighted by Gasteiger charge is 2.22. The fourth-order valence-electron chi connectivity index (χ4n) is 2.90. The Hall–Kier alpha value is -2.90. The van der Waals surface area contributed by atoms with E-state index >= 15 is 0 Å². The molecule has 1 N–H and O–H groups in total. The molecule has 8 nitrogen and oxygen atoms in total. The monoisotopic (exact) mass is 356 g/mol. The fourth-order valence-corrected chi connectivity index (χ4v) is 2.90. The fraction of sp³-hybridized carbons (Fsp3) is 0.444. The Morgan fingerprint density at radius 3 is 2.38 bits per heavy atom. The normalized spacial score (nSPS) is 14.5. The number of H-pyrrole nitrogens is 1. The van der Waals surface area contributed by atoms with Gasteiger partial charge in [-0.15, -0.1) is 0 Å². The predicted molar refractivity (Wildman–Crippen MR) is 100 cm³/mol. The van der Waals surface area contributed by atoms with Gasteiger partial charge in [-0.1, -0.05) is 0 Å². The Morgan fingerprint density at radius 1 is 1.15 bits per heavy atom. The third kappa shape index (κ3) is 3.54. The van der Waals surface area contributed by atoms with Crippen molar-refractivity contribution in [2.24, 2.45) is 0 Å². The molecule has 0 aliphatic carbocycles. The number of aromatic nitrogens is 3. The number of carbonyl (C=O) groups excluding carboxylic acids is 1. The number of rotatable bonds is 2. The van der Waals surface area contributed by atoms with Crippen LogP contribution in [0.2, 0.25) is 0 Å². The highest BCUT2D eigenvalue weighted by molar-refractivity contribution is 5.74. The summed E-state index contributed by atoms with van der Waals surface area (Å²) in [6.45, 7) is 6.41. The largest absolute Gasteiger partial charge is 0.353 e. The van der Waals surface area contributed by atoms with Crippen LogP contribution in [-0.4, -0.2) is 71.1 Å². The molecule has 3 heterocycles. The van der Waals surface area contributed by atoms with Gasteiger partial charge in [-0.05, 0) is 26.0 Å². The van der Waals surface area contributed by atoms with Gasteiger partial charge in [0, 0.05) is 63.3 Å². The van der Waals surface area contributed by atoms with Gasteiger partial charge in [0.25, 0.3) is 5.56 Å². The quantitative estimate of drug-likeness (QED) is 0.875. The SMILES string of the molecule is Cc1nc(-c2ccc(N3CCN(C(=O)N(C)C)CC3)nc2)[nH]c(=O)c1C. The number of piperazine rings is 1. The van der Waals surface area contributed by atoms with Gasteiger partial charge in [-0.3, -0.25) is 4.79 Å². The van der Waals surface area contributed by atoms with Gasteiger partial charge < -0.3 is 19.7 Å². The van der Waals surface area contributed by atoms with Crippen LogP contribution >= 0.6 is 0 Å². The first kappa shape index (κ1) is 17.9. The van der Waals surface area contributed by atoms with Gasteiger partial charge in [0.2, 0.25) is 0 Å². The molecule has 0 spiro atoms. The lowest BCUT2D eigenvalue weighted by atomic mass is 10.2. The number of anilines is 1. The standard InChI is InChI=1S/C18H24N6O2/c1-12-13(2)20-16(21-17(12)25)14-5-6-15(19-11-14)23-7-9-24(10-8-23)18(26)22(3)4/h5-6,11H,7-10H2,1-4H3,(H,20,21,25). The average molecular weight is 356 g/mol. The minimum Gasteiger partial charge on any atom is -0.353 e. The zero-order chi connectivity index (χ0) is 18.8. The summed E-state index contributed by atoms with van der Waals surface area (Å²) in [6.07, 6.45) is 1.72. The van der Waals surface area contributed by atoms with Crippen LogP contribution < -0.4 is 10.5 Å². The van der Waals surface area contributed by atoms with E-state index in [1.54, 1.807) is 32.1 Å². The minimum absolute atomic E-state index is 0.0396. The zero-order valence-corrected chi connectivity index (χ0v) is 15.6. The van der Waals surface area contributed by atoms with Gasteiger partial charge in [0.1, 0.15) is 11.6 Å². The van der Waals surface area contributed by atoms with Gasteiger partial charge in [0.15, 0.2) is 0 Å². The van der Waals surface area contributed by atoms with Gasteiger partial charge >= 0.3 is 6.03 Å². The van der Waals surface area contributed by atoms with E-state index in [9.17, 15) is 9.59 Å². The van der Waals surface area contributed by atoms with Crippen LogP contribution in [0, 0.1) is 13.8 Å². The van der Waals surface area contributed by atoms with Crippen molar-refractivity contribution in [3.05, 3.63) is 39.9 Å². The third-order valence-electron chi connectivity index (χ3n) is 4.67. The minimum atomic E-state index is -0.127. The molecule has 26 heavy (non-hydrogen) atoms. The highest BCUT2D eigenvalue weighted by atomic mass is 16.2. The molecule has 0 atom stereocenters. The van der Waals surface area contributed by atoms with E-state index in [4.69, 9.17) is 0 Å². The first-order chi connectivity index (χ1) is 12.4. The number of aryl methyl sites for hydroxylation is 1. The Balaban J connectivity index is 1.71. The van der Waals surface area contributed by atoms with Crippen molar-refractivity contribution in [2.75, 3.05) is 45.2 Å². The molecule has 1 aliphatic rings. The number of hydrogen-bond acceptors (Lipinski definition) is 5. The molecule has 0 radical (unpaired) electrons. The summed E-state index contributed by atoms with van der Waals surface area (Å²) in [5.41, 5.74) is 1.99. The lowest BCUT2D eigenvalue weighted by molar-refractivity contribution is 0.168. The molecule has 2 amide bonds. The van der Waals surface area contributed by atoms with Crippen molar-refractivity contribution in [1.29, 1.82) is 0 Å². The lowest BCUT2D eigenvalue weighted by Gasteiger charge is -2.36. The first-order valence-electron chi connectivity index (χ1n) is 8.62. The van der Waals surface area contributed by atoms with Crippen LogP contribution in [0.5, 0.6) is 0 Å². The second-order valence-corrected chi connectivity index (χ2v) is 6.68. The summed E-state index contributed by atoms with van der Waals surface area (Å²) in [6, 6.07) is 3.87. The van der Waals surface area contributed by atoms with Crippen molar-refractivity contribution < 1.29 is 4.79 Å². The number of aromatic amines is 1. The summed E-state index contributed by atoms with van der Waals surface area (Å²) < 4.78 is 0. The second-order valence-electron chi connectivity index (χ2n) is 6.68. The number of hydrogen-bond donors (Lipinski definition) is 1. The highest BCUT2D eigenvalue weighted by Crippen LogP contribution is 2.19. The van der Waals surface area contributed by atoms with Crippen molar-refractivity contribution in [2.45, 2.75) is 13.8 Å². The molecular weight excluding hydrogens is 332 g/mol. The van der Waals surface area contributed by atoms with Crippen LogP contribution in [0.1, 0.15) is 11.3 Å². The molecule has 8 heteroatoms. The number of nitrogens with zero attached hydrogens (tertiary/aromatic N) is 5. The number of amides is 2. The summed E-state index contributed by atoms with van der Waals surface area (Å²) in [5.74, 6) is 1.38. The number of carbonyl (C=O) groups is 1. The molecular formula is C18H24N6O2. The van der Waals surface area contributed by atoms with Crippen molar-refractivity contribution in [3.63, 3.8) is 0 Å². The van der Waals surface area contributed by atoms with Crippen molar-refractivity contribution >= 4 is 11.8 Å². The number of nitrogens with one attached hydrogen (secondary N) is 1. The Labute approximate surface area is 152 Å². The van der Waals surface area contributed by atoms with Crippen LogP contribution in [0.3, 0.4) is 0 Å². The molecule has 2 aromatic heterocycles. The van der Waals surface area contributed by atoms with Gasteiger partial charge in [-0.25, -0.2) is 14.8 Å².